The third-order valence-electron chi connectivity index (χ3n) is 7.47. The number of hydrogen-bond donors (Lipinski definition) is 0. The Morgan fingerprint density at radius 2 is 1.89 bits per heavy atom. The molecule has 4 heteroatoms. The molecule has 3 heterocycles. The first-order chi connectivity index (χ1) is 16.9. The molecule has 3 nitrogen and oxygen atoms in total. The highest BCUT2D eigenvalue weighted by molar-refractivity contribution is 6.11. The van der Waals surface area contributed by atoms with E-state index in [1.165, 1.54) is 5.56 Å². The molecule has 0 fully saturated rings. The maximum atomic E-state index is 15.3. The summed E-state index contributed by atoms with van der Waals surface area (Å²) in [4.78, 5) is 9.86. The Kier molecular flexibility index (Phi) is 5.06. The Hall–Kier alpha value is -3.79. The highest BCUT2D eigenvalue weighted by atomic mass is 19.1. The summed E-state index contributed by atoms with van der Waals surface area (Å²) in [5, 5.41) is 2.20. The van der Waals surface area contributed by atoms with Crippen LogP contribution in [0, 0.1) is 12.7 Å². The Balaban J connectivity index is 1.52. The lowest BCUT2D eigenvalue weighted by atomic mass is 9.77. The smallest absolute Gasteiger partial charge is 0.135 e. The maximum absolute atomic E-state index is 15.3. The highest BCUT2D eigenvalue weighted by Gasteiger charge is 2.33. The van der Waals surface area contributed by atoms with Crippen molar-refractivity contribution < 1.29 is 8.81 Å². The van der Waals surface area contributed by atoms with Gasteiger partial charge >= 0.3 is 0 Å². The van der Waals surface area contributed by atoms with Crippen LogP contribution < -0.4 is 0 Å². The van der Waals surface area contributed by atoms with E-state index in [0.29, 0.717) is 23.3 Å². The van der Waals surface area contributed by atoms with Crippen LogP contribution in [0.15, 0.2) is 87.9 Å². The van der Waals surface area contributed by atoms with Crippen LogP contribution in [-0.4, -0.2) is 17.5 Å². The lowest BCUT2D eigenvalue weighted by Crippen LogP contribution is -2.28. The number of hydrogen-bond acceptors (Lipinski definition) is 3. The van der Waals surface area contributed by atoms with Crippen LogP contribution in [0.4, 0.5) is 4.39 Å². The normalized spacial score (nSPS) is 21.5. The minimum absolute atomic E-state index is 0.0573. The minimum atomic E-state index is -0.200. The third kappa shape index (κ3) is 3.47. The summed E-state index contributed by atoms with van der Waals surface area (Å²) in [6, 6.07) is 16.4. The first kappa shape index (κ1) is 21.7. The molecule has 0 aliphatic carbocycles. The van der Waals surface area contributed by atoms with E-state index < -0.39 is 0 Å². The van der Waals surface area contributed by atoms with Crippen molar-refractivity contribution in [1.82, 2.24) is 0 Å². The number of benzene rings is 3. The molecule has 4 aromatic rings. The lowest BCUT2D eigenvalue weighted by molar-refractivity contribution is 0.484. The van der Waals surface area contributed by atoms with E-state index in [1.807, 2.05) is 31.2 Å². The van der Waals surface area contributed by atoms with E-state index in [2.05, 4.69) is 37.4 Å². The fourth-order valence-electron chi connectivity index (χ4n) is 5.75. The van der Waals surface area contributed by atoms with Crippen molar-refractivity contribution in [1.29, 1.82) is 0 Å². The van der Waals surface area contributed by atoms with Crippen molar-refractivity contribution >= 4 is 33.4 Å². The van der Waals surface area contributed by atoms with Gasteiger partial charge in [0.05, 0.1) is 11.8 Å². The Morgan fingerprint density at radius 3 is 2.71 bits per heavy atom. The van der Waals surface area contributed by atoms with Crippen LogP contribution >= 0.6 is 0 Å². The van der Waals surface area contributed by atoms with Crippen molar-refractivity contribution in [3.8, 4) is 0 Å². The zero-order valence-corrected chi connectivity index (χ0v) is 20.1. The summed E-state index contributed by atoms with van der Waals surface area (Å²) in [5.41, 5.74) is 8.63. The molecule has 0 radical (unpaired) electrons. The summed E-state index contributed by atoms with van der Waals surface area (Å²) in [6.07, 6.45) is 3.95. The predicted octanol–water partition coefficient (Wildman–Crippen LogP) is 7.83. The second-order valence-electron chi connectivity index (χ2n) is 9.66. The number of halogens is 1. The fourth-order valence-corrected chi connectivity index (χ4v) is 5.75. The second-order valence-corrected chi connectivity index (χ2v) is 9.66. The first-order valence-corrected chi connectivity index (χ1v) is 12.1. The van der Waals surface area contributed by atoms with Gasteiger partial charge in [0.1, 0.15) is 17.0 Å². The number of aliphatic imine (C=N–C) groups is 2. The van der Waals surface area contributed by atoms with Crippen LogP contribution in [0.3, 0.4) is 0 Å². The summed E-state index contributed by atoms with van der Waals surface area (Å²) >= 11 is 0. The van der Waals surface area contributed by atoms with Crippen molar-refractivity contribution in [2.45, 2.75) is 45.1 Å². The maximum Gasteiger partial charge on any atom is 0.135 e. The van der Waals surface area contributed by atoms with Gasteiger partial charge in [-0.2, -0.15) is 0 Å². The quantitative estimate of drug-likeness (QED) is 0.284. The average Bonchev–Trinajstić information content (AvgIpc) is 3.21. The van der Waals surface area contributed by atoms with E-state index in [9.17, 15) is 0 Å². The number of nitrogens with zero attached hydrogens (tertiary/aromatic N) is 2. The zero-order valence-electron chi connectivity index (χ0n) is 20.1. The molecule has 0 bridgehead atoms. The van der Waals surface area contributed by atoms with Crippen LogP contribution in [-0.2, 0) is 6.42 Å². The van der Waals surface area contributed by atoms with Crippen LogP contribution in [0.2, 0.25) is 0 Å². The van der Waals surface area contributed by atoms with Gasteiger partial charge in [-0.3, -0.25) is 9.98 Å². The summed E-state index contributed by atoms with van der Waals surface area (Å²) in [6.45, 7) is 12.0. The van der Waals surface area contributed by atoms with E-state index in [1.54, 1.807) is 13.0 Å². The minimum Gasteiger partial charge on any atom is -0.456 e. The van der Waals surface area contributed by atoms with Gasteiger partial charge in [0, 0.05) is 40.1 Å². The van der Waals surface area contributed by atoms with Gasteiger partial charge in [0.15, 0.2) is 0 Å². The van der Waals surface area contributed by atoms with Gasteiger partial charge in [-0.05, 0) is 73.2 Å². The molecule has 0 saturated heterocycles. The van der Waals surface area contributed by atoms with E-state index in [4.69, 9.17) is 14.4 Å². The molecular formula is C31H27FN2O. The van der Waals surface area contributed by atoms with Gasteiger partial charge < -0.3 is 4.42 Å². The number of furan rings is 1. The topological polar surface area (TPSA) is 37.9 Å². The summed E-state index contributed by atoms with van der Waals surface area (Å²) in [5.74, 6) is -0.137. The third-order valence-corrected chi connectivity index (χ3v) is 7.47. The van der Waals surface area contributed by atoms with Crippen molar-refractivity contribution in [2.24, 2.45) is 9.98 Å². The highest BCUT2D eigenvalue weighted by Crippen LogP contribution is 2.40. The van der Waals surface area contributed by atoms with Crippen LogP contribution in [0.1, 0.15) is 53.5 Å². The van der Waals surface area contributed by atoms with Crippen molar-refractivity contribution in [3.63, 3.8) is 0 Å². The molecule has 0 N–H and O–H groups in total. The number of fused-ring (bicyclic) bond motifs is 7. The lowest BCUT2D eigenvalue weighted by Gasteiger charge is -2.33. The molecule has 1 aromatic heterocycles. The molecule has 3 aromatic carbocycles. The zero-order chi connectivity index (χ0) is 24.3. The summed E-state index contributed by atoms with van der Waals surface area (Å²) in [7, 11) is 0. The molecule has 35 heavy (non-hydrogen) atoms. The largest absolute Gasteiger partial charge is 0.456 e. The Morgan fingerprint density at radius 1 is 1.06 bits per heavy atom. The van der Waals surface area contributed by atoms with Crippen molar-refractivity contribution in [3.05, 3.63) is 107 Å². The van der Waals surface area contributed by atoms with Crippen LogP contribution in [0.5, 0.6) is 0 Å². The first-order valence-electron chi connectivity index (χ1n) is 12.1. The van der Waals surface area contributed by atoms with Gasteiger partial charge in [-0.1, -0.05) is 43.5 Å². The van der Waals surface area contributed by atoms with Crippen LogP contribution in [0.25, 0.3) is 21.9 Å². The number of allylic oxidation sites excluding steroid dienone is 1. The van der Waals surface area contributed by atoms with Gasteiger partial charge in [0.25, 0.3) is 0 Å². The Bertz CT molecular complexity index is 1600. The Labute approximate surface area is 204 Å². The molecule has 6 rings (SSSR count). The SMILES string of the molecule is C=CC1=NC2CC(=C)/N=C(/C)c3cc4c(cc3CCC2c2ccc(C)c(F)c21)oc1ccccc14. The van der Waals surface area contributed by atoms with E-state index >= 15 is 4.39 Å². The molecule has 2 atom stereocenters. The molecule has 2 aliphatic rings. The van der Waals surface area contributed by atoms with E-state index in [-0.39, 0.29) is 17.8 Å². The average molecular weight is 463 g/mol. The van der Waals surface area contributed by atoms with E-state index in [0.717, 1.165) is 57.3 Å². The molecule has 0 spiro atoms. The monoisotopic (exact) mass is 462 g/mol. The predicted molar refractivity (Wildman–Crippen MR) is 142 cm³/mol. The molecule has 2 aliphatic heterocycles. The van der Waals surface area contributed by atoms with Gasteiger partial charge in [0.2, 0.25) is 0 Å². The van der Waals surface area contributed by atoms with Crippen molar-refractivity contribution in [2.75, 3.05) is 0 Å². The molecule has 0 amide bonds. The number of aryl methyl sites for hydroxylation is 2. The standard InChI is InChI=1S/C31H27FN2O/c1-5-26-30-23(12-10-17(2)31(30)32)21-13-11-20-15-29-25(22-8-6-7-9-28(22)35-29)16-24(20)19(4)33-18(3)14-27(21)34-26/h5-10,12,15-16,21,27H,1,3,11,13-14H2,2,4H3/b33-19-. The molecule has 0 saturated carbocycles. The number of rotatable bonds is 1. The number of para-hydroxylation sites is 1. The molecule has 2 unspecified atom stereocenters. The van der Waals surface area contributed by atoms with Gasteiger partial charge in [-0.15, -0.1) is 0 Å². The molecular weight excluding hydrogens is 435 g/mol. The van der Waals surface area contributed by atoms with Gasteiger partial charge in [-0.25, -0.2) is 4.39 Å². The summed E-state index contributed by atoms with van der Waals surface area (Å²) < 4.78 is 21.5. The fraction of sp³-hybridized carbons (Fsp3) is 0.226. The molecule has 174 valence electrons. The second kappa shape index (κ2) is 8.16.